The number of hydrogen-bond donors (Lipinski definition) is 3. The van der Waals surface area contributed by atoms with Crippen molar-refractivity contribution in [3.8, 4) is 0 Å². The van der Waals surface area contributed by atoms with Crippen LogP contribution < -0.4 is 15.8 Å². The Kier molecular flexibility index (Phi) is 4.65. The summed E-state index contributed by atoms with van der Waals surface area (Å²) >= 11 is 0. The molecule has 9 heteroatoms. The van der Waals surface area contributed by atoms with Crippen molar-refractivity contribution in [2.75, 3.05) is 6.54 Å². The van der Waals surface area contributed by atoms with Gasteiger partial charge < -0.3 is 15.1 Å². The molecule has 1 aromatic heterocycles. The van der Waals surface area contributed by atoms with Gasteiger partial charge in [0.15, 0.2) is 5.69 Å². The normalized spacial score (nSPS) is 17.8. The zero-order valence-corrected chi connectivity index (χ0v) is 13.7. The molecule has 1 aromatic carbocycles. The number of hydrogen-bond acceptors (Lipinski definition) is 6. The Hall–Kier alpha value is -2.23. The van der Waals surface area contributed by atoms with E-state index < -0.39 is 10.0 Å². The maximum absolute atomic E-state index is 12.1. The summed E-state index contributed by atoms with van der Waals surface area (Å²) in [7, 11) is -3.71. The van der Waals surface area contributed by atoms with Gasteiger partial charge in [-0.2, -0.15) is 0 Å². The molecule has 1 atom stereocenters. The number of nitrogens with zero attached hydrogens (tertiary/aromatic N) is 1. The fourth-order valence-corrected chi connectivity index (χ4v) is 3.03. The molecule has 0 radical (unpaired) electrons. The summed E-state index contributed by atoms with van der Waals surface area (Å²) in [5, 5.41) is 11.0. The lowest BCUT2D eigenvalue weighted by Crippen LogP contribution is -2.23. The Balaban J connectivity index is 1.59. The Morgan fingerprint density at radius 1 is 1.38 bits per heavy atom. The lowest BCUT2D eigenvalue weighted by Gasteiger charge is -2.05. The van der Waals surface area contributed by atoms with Gasteiger partial charge in [0.2, 0.25) is 15.9 Å². The maximum Gasteiger partial charge on any atom is 0.273 e. The van der Waals surface area contributed by atoms with E-state index in [0.29, 0.717) is 5.89 Å². The molecule has 1 unspecified atom stereocenters. The molecule has 0 aliphatic carbocycles. The van der Waals surface area contributed by atoms with Gasteiger partial charge in [-0.25, -0.2) is 18.5 Å². The average Bonchev–Trinajstić information content (AvgIpc) is 3.22. The van der Waals surface area contributed by atoms with Crippen molar-refractivity contribution in [3.63, 3.8) is 0 Å². The van der Waals surface area contributed by atoms with Gasteiger partial charge in [0.25, 0.3) is 5.91 Å². The van der Waals surface area contributed by atoms with Crippen molar-refractivity contribution in [3.05, 3.63) is 47.7 Å². The highest BCUT2D eigenvalue weighted by atomic mass is 32.2. The van der Waals surface area contributed by atoms with Gasteiger partial charge >= 0.3 is 0 Å². The number of nitrogens with one attached hydrogen (secondary N) is 2. The molecule has 3 rings (SSSR count). The van der Waals surface area contributed by atoms with E-state index in [1.165, 1.54) is 18.4 Å². The highest BCUT2D eigenvalue weighted by Crippen LogP contribution is 2.22. The Labute approximate surface area is 139 Å². The fraction of sp³-hybridized carbons (Fsp3) is 0.333. The summed E-state index contributed by atoms with van der Waals surface area (Å²) in [6.07, 6.45) is 3.34. The van der Waals surface area contributed by atoms with Crippen LogP contribution in [0.1, 0.15) is 40.8 Å². The highest BCUT2D eigenvalue weighted by molar-refractivity contribution is 7.89. The molecular weight excluding hydrogens is 332 g/mol. The molecule has 2 aromatic rings. The number of primary sulfonamides is 1. The number of carbonyl (C=O) groups is 1. The molecule has 4 N–H and O–H groups in total. The van der Waals surface area contributed by atoms with Crippen LogP contribution in [0.2, 0.25) is 0 Å². The largest absolute Gasteiger partial charge is 0.446 e. The number of nitrogens with two attached hydrogens (primary N) is 1. The second-order valence-corrected chi connectivity index (χ2v) is 7.15. The van der Waals surface area contributed by atoms with Crippen molar-refractivity contribution in [2.24, 2.45) is 5.14 Å². The van der Waals surface area contributed by atoms with Gasteiger partial charge in [0.1, 0.15) is 6.26 Å². The van der Waals surface area contributed by atoms with Crippen LogP contribution in [0.4, 0.5) is 0 Å². The second kappa shape index (κ2) is 6.71. The third-order valence-corrected chi connectivity index (χ3v) is 4.75. The Bertz CT molecular complexity index is 823. The van der Waals surface area contributed by atoms with Crippen molar-refractivity contribution >= 4 is 15.9 Å². The first-order chi connectivity index (χ1) is 11.4. The number of carbonyl (C=O) groups excluding carboxylic acids is 1. The maximum atomic E-state index is 12.1. The van der Waals surface area contributed by atoms with Crippen LogP contribution in [-0.4, -0.2) is 25.9 Å². The van der Waals surface area contributed by atoms with Gasteiger partial charge in [-0.15, -0.1) is 0 Å². The van der Waals surface area contributed by atoms with Crippen molar-refractivity contribution < 1.29 is 17.6 Å². The minimum Gasteiger partial charge on any atom is -0.446 e. The predicted octanol–water partition coefficient (Wildman–Crippen LogP) is 0.676. The summed E-state index contributed by atoms with van der Waals surface area (Å²) in [6, 6.07) is 6.05. The van der Waals surface area contributed by atoms with Crippen LogP contribution in [0.5, 0.6) is 0 Å². The van der Waals surface area contributed by atoms with Crippen LogP contribution in [0.25, 0.3) is 0 Å². The zero-order valence-electron chi connectivity index (χ0n) is 12.9. The Morgan fingerprint density at radius 2 is 2.12 bits per heavy atom. The molecule has 24 heavy (non-hydrogen) atoms. The standard InChI is InChI=1S/C15H18N4O4S/c16-24(21,22)11-5-3-10(4-6-11)8-18-14(20)13-9-23-15(19-13)12-2-1-7-17-12/h3-6,9,12,17H,1-2,7-8H2,(H,18,20)(H2,16,21,22). The van der Waals surface area contributed by atoms with E-state index in [-0.39, 0.29) is 29.1 Å². The number of amides is 1. The number of aromatic nitrogens is 1. The lowest BCUT2D eigenvalue weighted by molar-refractivity contribution is 0.0946. The fourth-order valence-electron chi connectivity index (χ4n) is 2.52. The van der Waals surface area contributed by atoms with Crippen LogP contribution in [0.15, 0.2) is 39.8 Å². The number of oxazole rings is 1. The first-order valence-corrected chi connectivity index (χ1v) is 9.07. The molecule has 0 bridgehead atoms. The molecule has 0 saturated carbocycles. The molecule has 8 nitrogen and oxygen atoms in total. The molecule has 1 fully saturated rings. The first kappa shape index (κ1) is 16.6. The summed E-state index contributed by atoms with van der Waals surface area (Å²) in [4.78, 5) is 16.3. The van der Waals surface area contributed by atoms with Gasteiger partial charge in [0, 0.05) is 6.54 Å². The summed E-state index contributed by atoms with van der Waals surface area (Å²) in [6.45, 7) is 1.16. The number of benzene rings is 1. The predicted molar refractivity (Wildman–Crippen MR) is 85.5 cm³/mol. The second-order valence-electron chi connectivity index (χ2n) is 5.59. The molecular formula is C15H18N4O4S. The molecule has 2 heterocycles. The Morgan fingerprint density at radius 3 is 2.75 bits per heavy atom. The number of rotatable bonds is 5. The van der Waals surface area contributed by atoms with Crippen molar-refractivity contribution in [1.29, 1.82) is 0 Å². The quantitative estimate of drug-likeness (QED) is 0.727. The third kappa shape index (κ3) is 3.81. The van der Waals surface area contributed by atoms with E-state index in [1.54, 1.807) is 12.1 Å². The van der Waals surface area contributed by atoms with Crippen molar-refractivity contribution in [1.82, 2.24) is 15.6 Å². The van der Waals surface area contributed by atoms with Crippen LogP contribution >= 0.6 is 0 Å². The van der Waals surface area contributed by atoms with Crippen molar-refractivity contribution in [2.45, 2.75) is 30.3 Å². The SMILES string of the molecule is NS(=O)(=O)c1ccc(CNC(=O)c2coc(C3CCCN3)n2)cc1. The smallest absolute Gasteiger partial charge is 0.273 e. The lowest BCUT2D eigenvalue weighted by atomic mass is 10.2. The summed E-state index contributed by atoms with van der Waals surface area (Å²) < 4.78 is 27.7. The third-order valence-electron chi connectivity index (χ3n) is 3.82. The van der Waals surface area contributed by atoms with Crippen LogP contribution in [-0.2, 0) is 16.6 Å². The molecule has 1 aliphatic heterocycles. The highest BCUT2D eigenvalue weighted by Gasteiger charge is 2.22. The summed E-state index contributed by atoms with van der Waals surface area (Å²) in [5.41, 5.74) is 0.969. The van der Waals surface area contributed by atoms with E-state index >= 15 is 0 Å². The molecule has 1 amide bonds. The minimum atomic E-state index is -3.71. The van der Waals surface area contributed by atoms with Gasteiger partial charge in [-0.3, -0.25) is 4.79 Å². The van der Waals surface area contributed by atoms with Crippen LogP contribution in [0, 0.1) is 0 Å². The monoisotopic (exact) mass is 350 g/mol. The molecule has 1 saturated heterocycles. The average molecular weight is 350 g/mol. The van der Waals surface area contributed by atoms with Gasteiger partial charge in [-0.1, -0.05) is 12.1 Å². The zero-order chi connectivity index (χ0) is 17.2. The topological polar surface area (TPSA) is 127 Å². The van der Waals surface area contributed by atoms with E-state index in [2.05, 4.69) is 15.6 Å². The van der Waals surface area contributed by atoms with Gasteiger partial charge in [0.05, 0.1) is 10.9 Å². The van der Waals surface area contributed by atoms with E-state index in [4.69, 9.17) is 9.56 Å². The summed E-state index contributed by atoms with van der Waals surface area (Å²) in [5.74, 6) is 0.175. The van der Waals surface area contributed by atoms with E-state index in [0.717, 1.165) is 24.9 Å². The minimum absolute atomic E-state index is 0.0304. The van der Waals surface area contributed by atoms with E-state index in [1.807, 2.05) is 0 Å². The molecule has 128 valence electrons. The molecule has 1 aliphatic rings. The van der Waals surface area contributed by atoms with Crippen LogP contribution in [0.3, 0.4) is 0 Å². The molecule has 0 spiro atoms. The van der Waals surface area contributed by atoms with E-state index in [9.17, 15) is 13.2 Å². The first-order valence-electron chi connectivity index (χ1n) is 7.52. The number of sulfonamides is 1. The van der Waals surface area contributed by atoms with Gasteiger partial charge in [-0.05, 0) is 37.1 Å².